The lowest BCUT2D eigenvalue weighted by Gasteiger charge is -2.23. The molecule has 0 saturated heterocycles. The summed E-state index contributed by atoms with van der Waals surface area (Å²) in [5.41, 5.74) is 2.57. The van der Waals surface area contributed by atoms with Gasteiger partial charge >= 0.3 is 0 Å². The van der Waals surface area contributed by atoms with Gasteiger partial charge in [0.1, 0.15) is 0 Å². The Morgan fingerprint density at radius 2 is 2.06 bits per heavy atom. The Bertz CT molecular complexity index is 339. The molecule has 0 bridgehead atoms. The van der Waals surface area contributed by atoms with E-state index >= 15 is 0 Å². The van der Waals surface area contributed by atoms with Crippen LogP contribution in [0.2, 0.25) is 0 Å². The summed E-state index contributed by atoms with van der Waals surface area (Å²) >= 11 is 7.08. The highest BCUT2D eigenvalue weighted by atomic mass is 79.9. The molecule has 1 aromatic rings. The Labute approximate surface area is 115 Å². The van der Waals surface area contributed by atoms with E-state index in [4.69, 9.17) is 0 Å². The monoisotopic (exact) mass is 347 g/mol. The number of alkyl halides is 1. The van der Waals surface area contributed by atoms with Crippen LogP contribution < -0.4 is 4.90 Å². The fraction of sp³-hybridized carbons (Fsp3) is 0.538. The van der Waals surface area contributed by atoms with Crippen molar-refractivity contribution in [3.63, 3.8) is 0 Å². The largest absolute Gasteiger partial charge is 0.374 e. The maximum absolute atomic E-state index is 3.60. The van der Waals surface area contributed by atoms with E-state index in [0.717, 1.165) is 17.8 Å². The van der Waals surface area contributed by atoms with Gasteiger partial charge in [-0.25, -0.2) is 0 Å². The molecule has 0 saturated carbocycles. The van der Waals surface area contributed by atoms with E-state index in [-0.39, 0.29) is 0 Å². The fourth-order valence-electron chi connectivity index (χ4n) is 1.58. The van der Waals surface area contributed by atoms with E-state index in [1.807, 2.05) is 0 Å². The standard InChI is InChI=1S/C13H19Br2N/c1-4-10(2)9-16(3)12-6-5-11(8-14)13(15)7-12/h5-7,10H,4,8-9H2,1-3H3. The van der Waals surface area contributed by atoms with Crippen molar-refractivity contribution >= 4 is 37.5 Å². The molecule has 90 valence electrons. The number of halogens is 2. The highest BCUT2D eigenvalue weighted by molar-refractivity contribution is 9.10. The molecule has 0 spiro atoms. The molecule has 0 amide bonds. The zero-order valence-corrected chi connectivity index (χ0v) is 13.3. The normalized spacial score (nSPS) is 12.6. The van der Waals surface area contributed by atoms with Gasteiger partial charge < -0.3 is 4.90 Å². The van der Waals surface area contributed by atoms with Crippen molar-refractivity contribution < 1.29 is 0 Å². The molecular weight excluding hydrogens is 330 g/mol. The first kappa shape index (κ1) is 14.0. The first-order valence-electron chi connectivity index (χ1n) is 5.64. The van der Waals surface area contributed by atoms with Gasteiger partial charge in [0.05, 0.1) is 0 Å². The lowest BCUT2D eigenvalue weighted by Crippen LogP contribution is -2.23. The predicted octanol–water partition coefficient (Wildman–Crippen LogP) is 4.83. The number of nitrogens with zero attached hydrogens (tertiary/aromatic N) is 1. The van der Waals surface area contributed by atoms with E-state index in [0.29, 0.717) is 0 Å². The lowest BCUT2D eigenvalue weighted by molar-refractivity contribution is 0.560. The van der Waals surface area contributed by atoms with Gasteiger partial charge in [0.25, 0.3) is 0 Å². The summed E-state index contributed by atoms with van der Waals surface area (Å²) < 4.78 is 1.18. The summed E-state index contributed by atoms with van der Waals surface area (Å²) in [4.78, 5) is 2.32. The molecule has 1 aromatic carbocycles. The highest BCUT2D eigenvalue weighted by Crippen LogP contribution is 2.25. The van der Waals surface area contributed by atoms with Crippen LogP contribution in [0.5, 0.6) is 0 Å². The van der Waals surface area contributed by atoms with Gasteiger partial charge in [-0.15, -0.1) is 0 Å². The van der Waals surface area contributed by atoms with E-state index in [1.54, 1.807) is 0 Å². The minimum absolute atomic E-state index is 0.736. The zero-order valence-electron chi connectivity index (χ0n) is 10.1. The molecule has 0 aliphatic carbocycles. The topological polar surface area (TPSA) is 3.24 Å². The summed E-state index contributed by atoms with van der Waals surface area (Å²) in [5.74, 6) is 0.736. The molecule has 0 N–H and O–H groups in total. The summed E-state index contributed by atoms with van der Waals surface area (Å²) in [6.45, 7) is 5.64. The maximum Gasteiger partial charge on any atom is 0.0375 e. The van der Waals surface area contributed by atoms with Crippen LogP contribution >= 0.6 is 31.9 Å². The van der Waals surface area contributed by atoms with Crippen LogP contribution in [0.1, 0.15) is 25.8 Å². The van der Waals surface area contributed by atoms with Crippen LogP contribution in [0.3, 0.4) is 0 Å². The minimum Gasteiger partial charge on any atom is -0.374 e. The second-order valence-electron chi connectivity index (χ2n) is 4.30. The molecule has 1 rings (SSSR count). The molecule has 1 unspecified atom stereocenters. The van der Waals surface area contributed by atoms with Gasteiger partial charge in [-0.05, 0) is 23.6 Å². The van der Waals surface area contributed by atoms with Crippen molar-refractivity contribution in [1.82, 2.24) is 0 Å². The minimum atomic E-state index is 0.736. The third-order valence-corrected chi connectivity index (χ3v) is 4.25. The van der Waals surface area contributed by atoms with Crippen molar-refractivity contribution in [1.29, 1.82) is 0 Å². The quantitative estimate of drug-likeness (QED) is 0.689. The lowest BCUT2D eigenvalue weighted by atomic mass is 10.1. The second-order valence-corrected chi connectivity index (χ2v) is 5.72. The summed E-state index contributed by atoms with van der Waals surface area (Å²) in [5, 5.41) is 0.892. The molecule has 0 aliphatic rings. The first-order valence-corrected chi connectivity index (χ1v) is 7.55. The summed E-state index contributed by atoms with van der Waals surface area (Å²) in [6, 6.07) is 6.55. The van der Waals surface area contributed by atoms with Gasteiger partial charge in [0.2, 0.25) is 0 Å². The Hall–Kier alpha value is -0.0200. The van der Waals surface area contributed by atoms with Crippen molar-refractivity contribution in [2.45, 2.75) is 25.6 Å². The zero-order chi connectivity index (χ0) is 12.1. The maximum atomic E-state index is 3.60. The molecule has 0 fully saturated rings. The fourth-order valence-corrected chi connectivity index (χ4v) is 2.96. The van der Waals surface area contributed by atoms with Crippen molar-refractivity contribution in [3.05, 3.63) is 28.2 Å². The van der Waals surface area contributed by atoms with E-state index in [9.17, 15) is 0 Å². The van der Waals surface area contributed by atoms with Crippen LogP contribution in [0.4, 0.5) is 5.69 Å². The average molecular weight is 349 g/mol. The van der Waals surface area contributed by atoms with E-state index in [2.05, 4.69) is 75.9 Å². The first-order chi connectivity index (χ1) is 7.58. The number of hydrogen-bond donors (Lipinski definition) is 0. The molecule has 0 aromatic heterocycles. The van der Waals surface area contributed by atoms with Gasteiger partial charge in [-0.2, -0.15) is 0 Å². The number of anilines is 1. The number of hydrogen-bond acceptors (Lipinski definition) is 1. The van der Waals surface area contributed by atoms with Crippen LogP contribution in [-0.2, 0) is 5.33 Å². The molecule has 16 heavy (non-hydrogen) atoms. The number of benzene rings is 1. The van der Waals surface area contributed by atoms with Gasteiger partial charge in [0.15, 0.2) is 0 Å². The van der Waals surface area contributed by atoms with Crippen molar-refractivity contribution in [2.24, 2.45) is 5.92 Å². The predicted molar refractivity (Wildman–Crippen MR) is 79.5 cm³/mol. The van der Waals surface area contributed by atoms with E-state index in [1.165, 1.54) is 22.1 Å². The second kappa shape index (κ2) is 6.65. The van der Waals surface area contributed by atoms with E-state index < -0.39 is 0 Å². The van der Waals surface area contributed by atoms with Gasteiger partial charge in [-0.1, -0.05) is 58.2 Å². The third kappa shape index (κ3) is 3.77. The third-order valence-electron chi connectivity index (χ3n) is 2.90. The molecular formula is C13H19Br2N. The molecule has 0 radical (unpaired) electrons. The van der Waals surface area contributed by atoms with Crippen LogP contribution in [-0.4, -0.2) is 13.6 Å². The van der Waals surface area contributed by atoms with Gasteiger partial charge in [0, 0.05) is 29.1 Å². The Balaban J connectivity index is 2.76. The molecule has 3 heteroatoms. The molecule has 1 nitrogen and oxygen atoms in total. The Morgan fingerprint density at radius 3 is 2.56 bits per heavy atom. The molecule has 0 aliphatic heterocycles. The van der Waals surface area contributed by atoms with Crippen LogP contribution in [0.25, 0.3) is 0 Å². The number of rotatable bonds is 5. The van der Waals surface area contributed by atoms with Gasteiger partial charge in [-0.3, -0.25) is 0 Å². The molecule has 1 atom stereocenters. The summed E-state index contributed by atoms with van der Waals surface area (Å²) in [6.07, 6.45) is 1.23. The summed E-state index contributed by atoms with van der Waals surface area (Å²) in [7, 11) is 2.15. The Morgan fingerprint density at radius 1 is 1.38 bits per heavy atom. The van der Waals surface area contributed by atoms with Crippen molar-refractivity contribution in [3.8, 4) is 0 Å². The highest BCUT2D eigenvalue weighted by Gasteiger charge is 2.07. The molecule has 0 heterocycles. The average Bonchev–Trinajstić information content (AvgIpc) is 2.28. The SMILES string of the molecule is CCC(C)CN(C)c1ccc(CBr)c(Br)c1. The van der Waals surface area contributed by atoms with Crippen LogP contribution in [0, 0.1) is 5.92 Å². The van der Waals surface area contributed by atoms with Crippen molar-refractivity contribution in [2.75, 3.05) is 18.5 Å². The Kier molecular flexibility index (Phi) is 5.84. The van der Waals surface area contributed by atoms with Crippen LogP contribution in [0.15, 0.2) is 22.7 Å². The smallest absolute Gasteiger partial charge is 0.0375 e.